The Bertz CT molecular complexity index is 356. The second-order valence-corrected chi connectivity index (χ2v) is 4.22. The lowest BCUT2D eigenvalue weighted by atomic mass is 10.3. The minimum Gasteiger partial charge on any atom is -0.463 e. The highest BCUT2D eigenvalue weighted by molar-refractivity contribution is 5.69. The molecule has 1 aromatic carbocycles. The predicted molar refractivity (Wildman–Crippen MR) is 77.8 cm³/mol. The first-order valence-corrected chi connectivity index (χ1v) is 6.84. The van der Waals surface area contributed by atoms with E-state index in [1.54, 1.807) is 7.11 Å². The lowest BCUT2D eigenvalue weighted by molar-refractivity contribution is -0.145. The summed E-state index contributed by atoms with van der Waals surface area (Å²) in [6.45, 7) is 2.55. The van der Waals surface area contributed by atoms with E-state index < -0.39 is 0 Å². The molecule has 0 fully saturated rings. The van der Waals surface area contributed by atoms with Crippen molar-refractivity contribution in [1.29, 1.82) is 0 Å². The Kier molecular flexibility index (Phi) is 9.26. The summed E-state index contributed by atoms with van der Waals surface area (Å²) in [7, 11) is 1.62. The molecule has 0 heterocycles. The largest absolute Gasteiger partial charge is 0.463 e. The normalized spacial score (nSPS) is 10.2. The average Bonchev–Trinajstić information content (AvgIpc) is 2.48. The molecule has 1 rings (SSSR count). The molecular weight excluding hydrogens is 258 g/mol. The molecule has 0 amide bonds. The van der Waals surface area contributed by atoms with Crippen LogP contribution in [0.5, 0.6) is 0 Å². The van der Waals surface area contributed by atoms with E-state index in [1.165, 1.54) is 0 Å². The zero-order chi connectivity index (χ0) is 14.5. The maximum atomic E-state index is 11.4. The number of esters is 1. The molecule has 0 aliphatic heterocycles. The van der Waals surface area contributed by atoms with Crippen molar-refractivity contribution in [3.05, 3.63) is 30.3 Å². The highest BCUT2D eigenvalue weighted by Crippen LogP contribution is 2.05. The summed E-state index contributed by atoms with van der Waals surface area (Å²) in [5.74, 6) is -0.185. The van der Waals surface area contributed by atoms with Crippen LogP contribution in [0, 0.1) is 0 Å². The Morgan fingerprint density at radius 1 is 1.10 bits per heavy atom. The predicted octanol–water partition coefficient (Wildman–Crippen LogP) is 2.08. The highest BCUT2D eigenvalue weighted by atomic mass is 16.6. The van der Waals surface area contributed by atoms with Gasteiger partial charge in [-0.3, -0.25) is 4.79 Å². The van der Waals surface area contributed by atoms with E-state index in [4.69, 9.17) is 14.2 Å². The van der Waals surface area contributed by atoms with Crippen LogP contribution in [-0.2, 0) is 19.0 Å². The second kappa shape index (κ2) is 11.3. The van der Waals surface area contributed by atoms with Gasteiger partial charge in [-0.15, -0.1) is 0 Å². The third-order valence-electron chi connectivity index (χ3n) is 2.58. The summed E-state index contributed by atoms with van der Waals surface area (Å²) >= 11 is 0. The van der Waals surface area contributed by atoms with Crippen molar-refractivity contribution in [3.8, 4) is 0 Å². The molecule has 0 bridgehead atoms. The van der Waals surface area contributed by atoms with Gasteiger partial charge in [0.05, 0.1) is 19.8 Å². The van der Waals surface area contributed by atoms with Gasteiger partial charge in [0.15, 0.2) is 0 Å². The zero-order valence-electron chi connectivity index (χ0n) is 12.0. The number of hydrogen-bond acceptors (Lipinski definition) is 5. The number of hydrogen-bond donors (Lipinski definition) is 1. The van der Waals surface area contributed by atoms with Crippen LogP contribution < -0.4 is 5.32 Å². The van der Waals surface area contributed by atoms with Crippen LogP contribution in [0.3, 0.4) is 0 Å². The number of carbonyl (C=O) groups excluding carboxylic acids is 1. The lowest BCUT2D eigenvalue weighted by Gasteiger charge is -2.07. The minimum absolute atomic E-state index is 0.185. The molecule has 112 valence electrons. The third-order valence-corrected chi connectivity index (χ3v) is 2.58. The monoisotopic (exact) mass is 281 g/mol. The fraction of sp³-hybridized carbons (Fsp3) is 0.533. The number of benzene rings is 1. The third kappa shape index (κ3) is 8.50. The van der Waals surface area contributed by atoms with Crippen LogP contribution in [0.1, 0.15) is 12.8 Å². The highest BCUT2D eigenvalue weighted by Gasteiger charge is 2.02. The van der Waals surface area contributed by atoms with Crippen molar-refractivity contribution < 1.29 is 19.0 Å². The van der Waals surface area contributed by atoms with Gasteiger partial charge in [0.25, 0.3) is 0 Å². The van der Waals surface area contributed by atoms with Crippen molar-refractivity contribution in [1.82, 2.24) is 0 Å². The van der Waals surface area contributed by atoms with Gasteiger partial charge in [0, 0.05) is 25.8 Å². The number of carbonyl (C=O) groups is 1. The van der Waals surface area contributed by atoms with Gasteiger partial charge >= 0.3 is 5.97 Å². The molecule has 1 N–H and O–H groups in total. The van der Waals surface area contributed by atoms with Crippen LogP contribution in [0.4, 0.5) is 5.69 Å². The van der Waals surface area contributed by atoms with Gasteiger partial charge in [-0.25, -0.2) is 0 Å². The average molecular weight is 281 g/mol. The van der Waals surface area contributed by atoms with Gasteiger partial charge in [0.2, 0.25) is 0 Å². The lowest BCUT2D eigenvalue weighted by Crippen LogP contribution is -2.13. The zero-order valence-corrected chi connectivity index (χ0v) is 12.0. The first-order chi connectivity index (χ1) is 9.83. The summed E-state index contributed by atoms with van der Waals surface area (Å²) in [6.07, 6.45) is 1.16. The summed E-state index contributed by atoms with van der Waals surface area (Å²) in [5.41, 5.74) is 1.06. The van der Waals surface area contributed by atoms with E-state index in [0.29, 0.717) is 32.8 Å². The summed E-state index contributed by atoms with van der Waals surface area (Å²) in [6, 6.07) is 9.91. The van der Waals surface area contributed by atoms with E-state index >= 15 is 0 Å². The Morgan fingerprint density at radius 3 is 2.60 bits per heavy atom. The molecule has 0 aliphatic rings. The van der Waals surface area contributed by atoms with Crippen molar-refractivity contribution in [2.75, 3.05) is 45.4 Å². The molecule has 0 saturated carbocycles. The molecule has 0 spiro atoms. The molecule has 0 aromatic heterocycles. The van der Waals surface area contributed by atoms with Crippen LogP contribution in [0.25, 0.3) is 0 Å². The molecule has 0 atom stereocenters. The number of ether oxygens (including phenoxy) is 3. The van der Waals surface area contributed by atoms with Crippen molar-refractivity contribution in [2.24, 2.45) is 0 Å². The maximum Gasteiger partial charge on any atom is 0.305 e. The van der Waals surface area contributed by atoms with E-state index in [0.717, 1.165) is 18.7 Å². The summed E-state index contributed by atoms with van der Waals surface area (Å²) in [4.78, 5) is 11.4. The Morgan fingerprint density at radius 2 is 1.85 bits per heavy atom. The van der Waals surface area contributed by atoms with Gasteiger partial charge in [0.1, 0.15) is 6.61 Å². The standard InChI is InChI=1S/C15H23NO4/c1-18-10-11-19-12-13-20-15(17)8-5-9-16-14-6-3-2-4-7-14/h2-4,6-7,16H,5,8-13H2,1H3. The minimum atomic E-state index is -0.185. The van der Waals surface area contributed by atoms with Crippen LogP contribution in [0.15, 0.2) is 30.3 Å². The van der Waals surface area contributed by atoms with E-state index in [9.17, 15) is 4.79 Å². The maximum absolute atomic E-state index is 11.4. The molecule has 0 radical (unpaired) electrons. The first-order valence-electron chi connectivity index (χ1n) is 6.84. The van der Waals surface area contributed by atoms with Gasteiger partial charge in [-0.05, 0) is 18.6 Å². The van der Waals surface area contributed by atoms with E-state index in [1.807, 2.05) is 30.3 Å². The summed E-state index contributed by atoms with van der Waals surface area (Å²) < 4.78 is 15.1. The molecular formula is C15H23NO4. The number of rotatable bonds is 11. The summed E-state index contributed by atoms with van der Waals surface area (Å²) in [5, 5.41) is 3.24. The molecule has 0 unspecified atom stereocenters. The Hall–Kier alpha value is -1.59. The van der Waals surface area contributed by atoms with Crippen LogP contribution in [0.2, 0.25) is 0 Å². The molecule has 5 nitrogen and oxygen atoms in total. The van der Waals surface area contributed by atoms with E-state index in [-0.39, 0.29) is 5.97 Å². The second-order valence-electron chi connectivity index (χ2n) is 4.22. The van der Waals surface area contributed by atoms with Gasteiger partial charge in [-0.2, -0.15) is 0 Å². The van der Waals surface area contributed by atoms with Crippen LogP contribution in [-0.4, -0.2) is 46.1 Å². The van der Waals surface area contributed by atoms with Gasteiger partial charge < -0.3 is 19.5 Å². The fourth-order valence-electron chi connectivity index (χ4n) is 1.55. The Balaban J connectivity index is 1.92. The van der Waals surface area contributed by atoms with Crippen LogP contribution >= 0.6 is 0 Å². The smallest absolute Gasteiger partial charge is 0.305 e. The SMILES string of the molecule is COCCOCCOC(=O)CCCNc1ccccc1. The fourth-order valence-corrected chi connectivity index (χ4v) is 1.55. The van der Waals surface area contributed by atoms with Crippen molar-refractivity contribution >= 4 is 11.7 Å². The quantitative estimate of drug-likeness (QED) is 0.497. The van der Waals surface area contributed by atoms with Gasteiger partial charge in [-0.1, -0.05) is 18.2 Å². The number of para-hydroxylation sites is 1. The molecule has 20 heavy (non-hydrogen) atoms. The number of nitrogens with one attached hydrogen (secondary N) is 1. The first kappa shape index (κ1) is 16.5. The molecule has 1 aromatic rings. The topological polar surface area (TPSA) is 56.8 Å². The number of anilines is 1. The van der Waals surface area contributed by atoms with Crippen molar-refractivity contribution in [2.45, 2.75) is 12.8 Å². The number of methoxy groups -OCH3 is 1. The molecule has 0 aliphatic carbocycles. The van der Waals surface area contributed by atoms with Crippen molar-refractivity contribution in [3.63, 3.8) is 0 Å². The molecule has 5 heteroatoms. The van der Waals surface area contributed by atoms with E-state index in [2.05, 4.69) is 5.32 Å². The Labute approximate surface area is 120 Å². The molecule has 0 saturated heterocycles.